The molecule has 1 atom stereocenters. The van der Waals surface area contributed by atoms with Crippen molar-refractivity contribution in [2.24, 2.45) is 0 Å². The molecule has 1 N–H and O–H groups in total. The molecule has 1 heterocycles. The van der Waals surface area contributed by atoms with Crippen LogP contribution in [0, 0.1) is 0 Å². The van der Waals surface area contributed by atoms with Gasteiger partial charge in [-0.05, 0) is 0 Å². The van der Waals surface area contributed by atoms with Gasteiger partial charge in [0.05, 0.1) is 6.61 Å². The molecular weight excluding hydrogens is 120 g/mol. The number of carboxylic acid groups (broad SMARTS) is 1. The monoisotopic (exact) mass is 128 g/mol. The highest BCUT2D eigenvalue weighted by atomic mass is 16.5. The second-order valence-corrected chi connectivity index (χ2v) is 1.87. The minimum absolute atomic E-state index is 0.428. The largest absolute Gasteiger partial charge is 0.479 e. The Morgan fingerprint density at radius 1 is 1.67 bits per heavy atom. The number of rotatable bonds is 1. The second-order valence-electron chi connectivity index (χ2n) is 1.87. The summed E-state index contributed by atoms with van der Waals surface area (Å²) in [6.45, 7) is 0.428. The van der Waals surface area contributed by atoms with Crippen molar-refractivity contribution < 1.29 is 14.6 Å². The smallest absolute Gasteiger partial charge is 0.333 e. The van der Waals surface area contributed by atoms with Gasteiger partial charge in [0.15, 0.2) is 6.10 Å². The molecule has 0 bridgehead atoms. The quantitative estimate of drug-likeness (QED) is 0.520. The van der Waals surface area contributed by atoms with Crippen LogP contribution >= 0.6 is 0 Å². The number of carboxylic acids is 1. The molecule has 1 aliphatic rings. The third-order valence-corrected chi connectivity index (χ3v) is 1.19. The Balaban J connectivity index is 2.44. The van der Waals surface area contributed by atoms with Gasteiger partial charge in [0, 0.05) is 6.42 Å². The molecule has 50 valence electrons. The molecule has 9 heavy (non-hydrogen) atoms. The zero-order chi connectivity index (χ0) is 6.69. The van der Waals surface area contributed by atoms with Crippen LogP contribution in [0.15, 0.2) is 12.2 Å². The van der Waals surface area contributed by atoms with Gasteiger partial charge in [-0.15, -0.1) is 0 Å². The SMILES string of the molecule is O=C(O)C1CC=CCO1. The van der Waals surface area contributed by atoms with Gasteiger partial charge in [-0.2, -0.15) is 0 Å². The first-order valence-electron chi connectivity index (χ1n) is 2.80. The molecule has 0 aromatic rings. The van der Waals surface area contributed by atoms with Gasteiger partial charge >= 0.3 is 5.97 Å². The van der Waals surface area contributed by atoms with Crippen LogP contribution in [0.4, 0.5) is 0 Å². The van der Waals surface area contributed by atoms with Crippen molar-refractivity contribution in [3.05, 3.63) is 12.2 Å². The minimum atomic E-state index is -0.876. The van der Waals surface area contributed by atoms with Crippen molar-refractivity contribution in [1.29, 1.82) is 0 Å². The predicted molar refractivity (Wildman–Crippen MR) is 31.1 cm³/mol. The molecule has 0 radical (unpaired) electrons. The van der Waals surface area contributed by atoms with E-state index in [9.17, 15) is 4.79 Å². The summed E-state index contributed by atoms with van der Waals surface area (Å²) in [7, 11) is 0. The second kappa shape index (κ2) is 2.64. The maximum atomic E-state index is 10.2. The van der Waals surface area contributed by atoms with Gasteiger partial charge in [-0.3, -0.25) is 0 Å². The Kier molecular flexibility index (Phi) is 1.85. The van der Waals surface area contributed by atoms with Gasteiger partial charge in [-0.1, -0.05) is 12.2 Å². The molecule has 0 fully saturated rings. The lowest BCUT2D eigenvalue weighted by Gasteiger charge is -2.12. The van der Waals surface area contributed by atoms with E-state index in [1.54, 1.807) is 0 Å². The molecule has 0 aromatic heterocycles. The fourth-order valence-corrected chi connectivity index (χ4v) is 0.700. The standard InChI is InChI=1S/C6H8O3/c7-6(8)5-3-1-2-4-9-5/h1-2,5H,3-4H2,(H,7,8). The fraction of sp³-hybridized carbons (Fsp3) is 0.500. The summed E-state index contributed by atoms with van der Waals surface area (Å²) < 4.78 is 4.85. The number of hydrogen-bond acceptors (Lipinski definition) is 2. The first-order chi connectivity index (χ1) is 4.30. The zero-order valence-electron chi connectivity index (χ0n) is 4.91. The van der Waals surface area contributed by atoms with Crippen LogP contribution in [0.2, 0.25) is 0 Å². The Bertz CT molecular complexity index is 139. The highest BCUT2D eigenvalue weighted by molar-refractivity contribution is 5.72. The predicted octanol–water partition coefficient (Wildman–Crippen LogP) is 0.416. The molecular formula is C6H8O3. The Hall–Kier alpha value is -0.830. The van der Waals surface area contributed by atoms with Crippen molar-refractivity contribution in [2.45, 2.75) is 12.5 Å². The normalized spacial score (nSPS) is 26.0. The van der Waals surface area contributed by atoms with E-state index in [-0.39, 0.29) is 0 Å². The minimum Gasteiger partial charge on any atom is -0.479 e. The Labute approximate surface area is 52.9 Å². The van der Waals surface area contributed by atoms with Gasteiger partial charge in [0.25, 0.3) is 0 Å². The van der Waals surface area contributed by atoms with Gasteiger partial charge in [0.2, 0.25) is 0 Å². The summed E-state index contributed by atoms with van der Waals surface area (Å²) in [6.07, 6.45) is 3.52. The molecule has 1 unspecified atom stereocenters. The van der Waals surface area contributed by atoms with Crippen LogP contribution in [0.25, 0.3) is 0 Å². The summed E-state index contributed by atoms with van der Waals surface area (Å²) in [5.74, 6) is -0.876. The van der Waals surface area contributed by atoms with E-state index in [0.29, 0.717) is 13.0 Å². The van der Waals surface area contributed by atoms with Crippen molar-refractivity contribution >= 4 is 5.97 Å². The summed E-state index contributed by atoms with van der Waals surface area (Å²) in [6, 6.07) is 0. The van der Waals surface area contributed by atoms with Crippen LogP contribution < -0.4 is 0 Å². The topological polar surface area (TPSA) is 46.5 Å². The van der Waals surface area contributed by atoms with Crippen LogP contribution in [0.1, 0.15) is 6.42 Å². The van der Waals surface area contributed by atoms with Gasteiger partial charge in [0.1, 0.15) is 0 Å². The maximum absolute atomic E-state index is 10.2. The highest BCUT2D eigenvalue weighted by Crippen LogP contribution is 2.04. The number of carbonyl (C=O) groups is 1. The number of hydrogen-bond donors (Lipinski definition) is 1. The fourth-order valence-electron chi connectivity index (χ4n) is 0.700. The van der Waals surface area contributed by atoms with Crippen molar-refractivity contribution in [1.82, 2.24) is 0 Å². The van der Waals surface area contributed by atoms with Crippen molar-refractivity contribution in [3.63, 3.8) is 0 Å². The summed E-state index contributed by atoms with van der Waals surface area (Å²) in [5.41, 5.74) is 0. The van der Waals surface area contributed by atoms with Gasteiger partial charge < -0.3 is 9.84 Å². The van der Waals surface area contributed by atoms with E-state index in [0.717, 1.165) is 0 Å². The Morgan fingerprint density at radius 3 is 2.78 bits per heavy atom. The molecule has 0 amide bonds. The molecule has 0 spiro atoms. The van der Waals surface area contributed by atoms with Gasteiger partial charge in [-0.25, -0.2) is 4.79 Å². The van der Waals surface area contributed by atoms with E-state index in [1.807, 2.05) is 12.2 Å². The van der Waals surface area contributed by atoms with Crippen LogP contribution in [0.3, 0.4) is 0 Å². The highest BCUT2D eigenvalue weighted by Gasteiger charge is 2.17. The average molecular weight is 128 g/mol. The van der Waals surface area contributed by atoms with Crippen LogP contribution in [-0.4, -0.2) is 23.8 Å². The van der Waals surface area contributed by atoms with Crippen molar-refractivity contribution in [2.75, 3.05) is 6.61 Å². The van der Waals surface area contributed by atoms with Crippen molar-refractivity contribution in [3.8, 4) is 0 Å². The molecule has 3 nitrogen and oxygen atoms in total. The lowest BCUT2D eigenvalue weighted by atomic mass is 10.2. The molecule has 3 heteroatoms. The summed E-state index contributed by atoms with van der Waals surface area (Å²) in [4.78, 5) is 10.2. The molecule has 1 rings (SSSR count). The maximum Gasteiger partial charge on any atom is 0.333 e. The lowest BCUT2D eigenvalue weighted by molar-refractivity contribution is -0.149. The Morgan fingerprint density at radius 2 is 2.44 bits per heavy atom. The first-order valence-corrected chi connectivity index (χ1v) is 2.80. The molecule has 0 saturated carbocycles. The molecule has 0 aromatic carbocycles. The molecule has 0 aliphatic carbocycles. The van der Waals surface area contributed by atoms with E-state index >= 15 is 0 Å². The zero-order valence-corrected chi connectivity index (χ0v) is 4.91. The summed E-state index contributed by atoms with van der Waals surface area (Å²) in [5, 5.41) is 8.38. The lowest BCUT2D eigenvalue weighted by Crippen LogP contribution is -2.25. The number of aliphatic carboxylic acids is 1. The van der Waals surface area contributed by atoms with E-state index < -0.39 is 12.1 Å². The third kappa shape index (κ3) is 1.54. The number of ether oxygens (including phenoxy) is 1. The summed E-state index contributed by atoms with van der Waals surface area (Å²) >= 11 is 0. The van der Waals surface area contributed by atoms with E-state index in [1.165, 1.54) is 0 Å². The van der Waals surface area contributed by atoms with E-state index in [4.69, 9.17) is 9.84 Å². The molecule has 0 saturated heterocycles. The third-order valence-electron chi connectivity index (χ3n) is 1.19. The average Bonchev–Trinajstić information content (AvgIpc) is 1.90. The van der Waals surface area contributed by atoms with Crippen LogP contribution in [0.5, 0.6) is 0 Å². The van der Waals surface area contributed by atoms with Crippen LogP contribution in [-0.2, 0) is 9.53 Å². The van der Waals surface area contributed by atoms with E-state index in [2.05, 4.69) is 0 Å². The first kappa shape index (κ1) is 6.29. The molecule has 1 aliphatic heterocycles.